The van der Waals surface area contributed by atoms with E-state index in [1.165, 1.54) is 0 Å². The molecule has 0 aliphatic carbocycles. The van der Waals surface area contributed by atoms with Crippen LogP contribution in [0.2, 0.25) is 0 Å². The van der Waals surface area contributed by atoms with Crippen molar-refractivity contribution in [3.63, 3.8) is 0 Å². The number of alkyl halides is 1. The summed E-state index contributed by atoms with van der Waals surface area (Å²) in [4.78, 5) is 12.2. The minimum atomic E-state index is -0.176. The van der Waals surface area contributed by atoms with Crippen LogP contribution in [-0.4, -0.2) is 45.2 Å². The van der Waals surface area contributed by atoms with E-state index in [0.717, 1.165) is 11.8 Å². The predicted octanol–water partition coefficient (Wildman–Crippen LogP) is 2.23. The van der Waals surface area contributed by atoms with E-state index in [1.807, 2.05) is 0 Å². The predicted molar refractivity (Wildman–Crippen MR) is 81.1 cm³/mol. The van der Waals surface area contributed by atoms with E-state index in [0.29, 0.717) is 23.7 Å². The molecule has 1 unspecified atom stereocenters. The summed E-state index contributed by atoms with van der Waals surface area (Å²) < 4.78 is 15.4. The topological polar surface area (TPSA) is 56.8 Å². The molecule has 1 atom stereocenters. The molecule has 1 rings (SSSR count). The maximum absolute atomic E-state index is 12.2. The fourth-order valence-corrected chi connectivity index (χ4v) is 2.29. The first-order valence-corrected chi connectivity index (χ1v) is 7.35. The number of rotatable bonds is 8. The lowest BCUT2D eigenvalue weighted by atomic mass is 10.1. The molecule has 1 aromatic rings. The third-order valence-corrected chi connectivity index (χ3v) is 3.23. The first kappa shape index (κ1) is 16.8. The number of carbonyl (C=O) groups excluding carboxylic acids is 1. The van der Waals surface area contributed by atoms with Gasteiger partial charge in [0.2, 0.25) is 0 Å². The number of ether oxygens (including phenoxy) is 3. The molecule has 1 N–H and O–H groups in total. The van der Waals surface area contributed by atoms with Gasteiger partial charge in [-0.1, -0.05) is 15.9 Å². The molecule has 0 aromatic heterocycles. The molecular weight excluding hydrogens is 326 g/mol. The molecule has 0 aliphatic heterocycles. The van der Waals surface area contributed by atoms with Crippen molar-refractivity contribution in [2.45, 2.75) is 12.5 Å². The average molecular weight is 346 g/mol. The van der Waals surface area contributed by atoms with Crippen LogP contribution in [0.25, 0.3) is 0 Å². The summed E-state index contributed by atoms with van der Waals surface area (Å²) in [6.45, 7) is 0.471. The highest BCUT2D eigenvalue weighted by Crippen LogP contribution is 2.22. The maximum Gasteiger partial charge on any atom is 0.251 e. The molecule has 0 spiro atoms. The van der Waals surface area contributed by atoms with Gasteiger partial charge < -0.3 is 19.5 Å². The lowest BCUT2D eigenvalue weighted by Gasteiger charge is -2.17. The van der Waals surface area contributed by atoms with Crippen LogP contribution in [0.15, 0.2) is 18.2 Å². The SMILES string of the molecule is COCC(CCBr)NC(=O)c1cc(OC)cc(OC)c1. The van der Waals surface area contributed by atoms with Crippen molar-refractivity contribution in [3.05, 3.63) is 23.8 Å². The van der Waals surface area contributed by atoms with Crippen LogP contribution in [0.5, 0.6) is 11.5 Å². The van der Waals surface area contributed by atoms with Gasteiger partial charge in [0, 0.05) is 24.1 Å². The van der Waals surface area contributed by atoms with Gasteiger partial charge in [0.25, 0.3) is 5.91 Å². The van der Waals surface area contributed by atoms with Crippen LogP contribution in [0, 0.1) is 0 Å². The number of hydrogen-bond acceptors (Lipinski definition) is 4. The summed E-state index contributed by atoms with van der Waals surface area (Å²) in [5.74, 6) is 0.988. The Hall–Kier alpha value is -1.27. The molecule has 20 heavy (non-hydrogen) atoms. The molecular formula is C14H20BrNO4. The Bertz CT molecular complexity index is 411. The molecule has 0 radical (unpaired) electrons. The van der Waals surface area contributed by atoms with Gasteiger partial charge in [-0.25, -0.2) is 0 Å². The molecule has 112 valence electrons. The Labute approximate surface area is 127 Å². The molecule has 6 heteroatoms. The second-order valence-corrected chi connectivity index (χ2v) is 5.00. The molecule has 0 saturated heterocycles. The molecule has 1 amide bonds. The first-order chi connectivity index (χ1) is 9.64. The fourth-order valence-electron chi connectivity index (χ4n) is 1.74. The third kappa shape index (κ3) is 5.02. The normalized spacial score (nSPS) is 11.8. The minimum absolute atomic E-state index is 0.0379. The Morgan fingerprint density at radius 2 is 1.80 bits per heavy atom. The van der Waals surface area contributed by atoms with Crippen LogP contribution in [-0.2, 0) is 4.74 Å². The minimum Gasteiger partial charge on any atom is -0.497 e. The van der Waals surface area contributed by atoms with E-state index in [2.05, 4.69) is 21.2 Å². The van der Waals surface area contributed by atoms with Gasteiger partial charge in [-0.3, -0.25) is 4.79 Å². The molecule has 0 fully saturated rings. The number of amides is 1. The second-order valence-electron chi connectivity index (χ2n) is 4.20. The zero-order chi connectivity index (χ0) is 15.0. The number of benzene rings is 1. The zero-order valence-corrected chi connectivity index (χ0v) is 13.5. The first-order valence-electron chi connectivity index (χ1n) is 6.23. The average Bonchev–Trinajstić information content (AvgIpc) is 2.47. The summed E-state index contributed by atoms with van der Waals surface area (Å²) in [7, 11) is 4.71. The van der Waals surface area contributed by atoms with Gasteiger partial charge in [0.05, 0.1) is 26.9 Å². The highest BCUT2D eigenvalue weighted by atomic mass is 79.9. The van der Waals surface area contributed by atoms with Crippen molar-refractivity contribution in [1.29, 1.82) is 0 Å². The van der Waals surface area contributed by atoms with Gasteiger partial charge in [0.1, 0.15) is 11.5 Å². The van der Waals surface area contributed by atoms with Gasteiger partial charge >= 0.3 is 0 Å². The summed E-state index contributed by atoms with van der Waals surface area (Å²) in [5, 5.41) is 3.73. The smallest absolute Gasteiger partial charge is 0.251 e. The largest absolute Gasteiger partial charge is 0.497 e. The standard InChI is InChI=1S/C14H20BrNO4/c1-18-9-11(4-5-15)16-14(17)10-6-12(19-2)8-13(7-10)20-3/h6-8,11H,4-5,9H2,1-3H3,(H,16,17). The summed E-state index contributed by atoms with van der Waals surface area (Å²) >= 11 is 3.36. The summed E-state index contributed by atoms with van der Waals surface area (Å²) in [6.07, 6.45) is 0.792. The van der Waals surface area contributed by atoms with Crippen molar-refractivity contribution in [3.8, 4) is 11.5 Å². The molecule has 1 aromatic carbocycles. The number of methoxy groups -OCH3 is 3. The van der Waals surface area contributed by atoms with Crippen LogP contribution in [0.1, 0.15) is 16.8 Å². The molecule has 5 nitrogen and oxygen atoms in total. The number of nitrogens with one attached hydrogen (secondary N) is 1. The highest BCUT2D eigenvalue weighted by molar-refractivity contribution is 9.09. The van der Waals surface area contributed by atoms with Gasteiger partial charge in [-0.05, 0) is 18.6 Å². The fraction of sp³-hybridized carbons (Fsp3) is 0.500. The third-order valence-electron chi connectivity index (χ3n) is 2.77. The van der Waals surface area contributed by atoms with Crippen LogP contribution in [0.3, 0.4) is 0 Å². The van der Waals surface area contributed by atoms with E-state index in [9.17, 15) is 4.79 Å². The van der Waals surface area contributed by atoms with Crippen LogP contribution in [0.4, 0.5) is 0 Å². The lowest BCUT2D eigenvalue weighted by Crippen LogP contribution is -2.38. The van der Waals surface area contributed by atoms with Crippen LogP contribution >= 0.6 is 15.9 Å². The molecule has 0 saturated carbocycles. The Morgan fingerprint density at radius 3 is 2.25 bits per heavy atom. The maximum atomic E-state index is 12.2. The van der Waals surface area contributed by atoms with E-state index < -0.39 is 0 Å². The second kappa shape index (κ2) is 8.81. The Morgan fingerprint density at radius 1 is 1.20 bits per heavy atom. The molecule has 0 bridgehead atoms. The van der Waals surface area contributed by atoms with Crippen molar-refractivity contribution < 1.29 is 19.0 Å². The van der Waals surface area contributed by atoms with Crippen molar-refractivity contribution in [2.24, 2.45) is 0 Å². The number of halogens is 1. The van der Waals surface area contributed by atoms with E-state index in [-0.39, 0.29) is 11.9 Å². The quantitative estimate of drug-likeness (QED) is 0.734. The van der Waals surface area contributed by atoms with E-state index in [1.54, 1.807) is 39.5 Å². The molecule has 0 heterocycles. The highest BCUT2D eigenvalue weighted by Gasteiger charge is 2.15. The van der Waals surface area contributed by atoms with Crippen LogP contribution < -0.4 is 14.8 Å². The van der Waals surface area contributed by atoms with Gasteiger partial charge in [0.15, 0.2) is 0 Å². The van der Waals surface area contributed by atoms with E-state index >= 15 is 0 Å². The number of carbonyl (C=O) groups is 1. The lowest BCUT2D eigenvalue weighted by molar-refractivity contribution is 0.0894. The van der Waals surface area contributed by atoms with Crippen molar-refractivity contribution in [2.75, 3.05) is 33.3 Å². The summed E-state index contributed by atoms with van der Waals surface area (Å²) in [6, 6.07) is 5.04. The Kier molecular flexibility index (Phi) is 7.40. The summed E-state index contributed by atoms with van der Waals surface area (Å²) in [5.41, 5.74) is 0.497. The Balaban J connectivity index is 2.84. The monoisotopic (exact) mass is 345 g/mol. The van der Waals surface area contributed by atoms with E-state index in [4.69, 9.17) is 14.2 Å². The van der Waals surface area contributed by atoms with Crippen molar-refractivity contribution >= 4 is 21.8 Å². The van der Waals surface area contributed by atoms with Crippen molar-refractivity contribution in [1.82, 2.24) is 5.32 Å². The number of hydrogen-bond donors (Lipinski definition) is 1. The van der Waals surface area contributed by atoms with Gasteiger partial charge in [-0.2, -0.15) is 0 Å². The van der Waals surface area contributed by atoms with Gasteiger partial charge in [-0.15, -0.1) is 0 Å². The molecule has 0 aliphatic rings. The zero-order valence-electron chi connectivity index (χ0n) is 11.9.